The lowest BCUT2D eigenvalue weighted by molar-refractivity contribution is 0.0697. The predicted molar refractivity (Wildman–Crippen MR) is 73.0 cm³/mol. The summed E-state index contributed by atoms with van der Waals surface area (Å²) in [6.07, 6.45) is 0. The average molecular weight is 269 g/mol. The first kappa shape index (κ1) is 12.2. The minimum atomic E-state index is -0.988. The first-order chi connectivity index (χ1) is 9.67. The number of aromatic carboxylic acids is 1. The van der Waals surface area contributed by atoms with Crippen LogP contribution in [-0.4, -0.2) is 23.2 Å². The number of oxazole rings is 1. The van der Waals surface area contributed by atoms with Gasteiger partial charge in [0.2, 0.25) is 5.89 Å². The minimum Gasteiger partial charge on any atom is -0.497 e. The van der Waals surface area contributed by atoms with E-state index in [1.165, 1.54) is 12.1 Å². The van der Waals surface area contributed by atoms with Gasteiger partial charge in [0.1, 0.15) is 11.3 Å². The summed E-state index contributed by atoms with van der Waals surface area (Å²) >= 11 is 0. The van der Waals surface area contributed by atoms with Gasteiger partial charge in [-0.15, -0.1) is 0 Å². The highest BCUT2D eigenvalue weighted by atomic mass is 16.5. The van der Waals surface area contributed by atoms with E-state index in [4.69, 9.17) is 14.3 Å². The van der Waals surface area contributed by atoms with Crippen LogP contribution < -0.4 is 4.74 Å². The lowest BCUT2D eigenvalue weighted by Gasteiger charge is -2.00. The molecule has 0 atom stereocenters. The number of carboxylic acids is 1. The maximum atomic E-state index is 10.9. The highest BCUT2D eigenvalue weighted by Gasteiger charge is 2.11. The molecule has 5 nitrogen and oxygen atoms in total. The highest BCUT2D eigenvalue weighted by molar-refractivity contribution is 5.92. The summed E-state index contributed by atoms with van der Waals surface area (Å²) in [4.78, 5) is 15.2. The molecule has 0 saturated heterocycles. The molecule has 3 rings (SSSR count). The molecule has 5 heteroatoms. The van der Waals surface area contributed by atoms with Crippen LogP contribution in [0.3, 0.4) is 0 Å². The number of ether oxygens (including phenoxy) is 1. The standard InChI is InChI=1S/C15H11NO4/c1-19-11-4-2-3-9(7-11)14-16-12-8-10(15(17)18)5-6-13(12)20-14/h2-8H,1H3,(H,17,18). The van der Waals surface area contributed by atoms with Crippen molar-refractivity contribution in [3.8, 4) is 17.2 Å². The molecule has 0 bridgehead atoms. The Balaban J connectivity index is 2.10. The van der Waals surface area contributed by atoms with Crippen LogP contribution in [0.1, 0.15) is 10.4 Å². The Morgan fingerprint density at radius 2 is 2.10 bits per heavy atom. The molecule has 20 heavy (non-hydrogen) atoms. The maximum Gasteiger partial charge on any atom is 0.335 e. The lowest BCUT2D eigenvalue weighted by Crippen LogP contribution is -1.94. The third-order valence-corrected chi connectivity index (χ3v) is 2.95. The van der Waals surface area contributed by atoms with Crippen molar-refractivity contribution in [1.29, 1.82) is 0 Å². The summed E-state index contributed by atoms with van der Waals surface area (Å²) in [6, 6.07) is 11.9. The van der Waals surface area contributed by atoms with Gasteiger partial charge in [-0.25, -0.2) is 9.78 Å². The van der Waals surface area contributed by atoms with Gasteiger partial charge in [-0.1, -0.05) is 6.07 Å². The van der Waals surface area contributed by atoms with Crippen LogP contribution in [0.15, 0.2) is 46.9 Å². The van der Waals surface area contributed by atoms with Gasteiger partial charge in [-0.05, 0) is 36.4 Å². The van der Waals surface area contributed by atoms with Crippen molar-refractivity contribution in [2.75, 3.05) is 7.11 Å². The normalized spacial score (nSPS) is 10.7. The molecule has 0 aliphatic rings. The Morgan fingerprint density at radius 1 is 1.25 bits per heavy atom. The fourth-order valence-electron chi connectivity index (χ4n) is 1.94. The number of aromatic nitrogens is 1. The summed E-state index contributed by atoms with van der Waals surface area (Å²) in [5.41, 5.74) is 2.02. The summed E-state index contributed by atoms with van der Waals surface area (Å²) < 4.78 is 10.8. The zero-order chi connectivity index (χ0) is 14.1. The number of carbonyl (C=O) groups is 1. The quantitative estimate of drug-likeness (QED) is 0.790. The third-order valence-electron chi connectivity index (χ3n) is 2.95. The molecule has 3 aromatic rings. The molecular weight excluding hydrogens is 258 g/mol. The Bertz CT molecular complexity index is 791. The fraction of sp³-hybridized carbons (Fsp3) is 0.0667. The van der Waals surface area contributed by atoms with E-state index >= 15 is 0 Å². The predicted octanol–water partition coefficient (Wildman–Crippen LogP) is 3.20. The Labute approximate surface area is 114 Å². The monoisotopic (exact) mass is 269 g/mol. The van der Waals surface area contributed by atoms with E-state index in [-0.39, 0.29) is 5.56 Å². The van der Waals surface area contributed by atoms with E-state index < -0.39 is 5.97 Å². The van der Waals surface area contributed by atoms with Crippen LogP contribution in [-0.2, 0) is 0 Å². The first-order valence-corrected chi connectivity index (χ1v) is 5.95. The first-order valence-electron chi connectivity index (χ1n) is 5.95. The van der Waals surface area contributed by atoms with Gasteiger partial charge in [-0.2, -0.15) is 0 Å². The average Bonchev–Trinajstić information content (AvgIpc) is 2.90. The van der Waals surface area contributed by atoms with Gasteiger partial charge in [0.25, 0.3) is 0 Å². The summed E-state index contributed by atoms with van der Waals surface area (Å²) in [5, 5.41) is 8.96. The number of fused-ring (bicyclic) bond motifs is 1. The molecule has 0 unspecified atom stereocenters. The Hall–Kier alpha value is -2.82. The summed E-state index contributed by atoms with van der Waals surface area (Å²) in [5.74, 6) is 0.148. The molecule has 1 heterocycles. The van der Waals surface area contributed by atoms with Crippen LogP contribution in [0.25, 0.3) is 22.6 Å². The molecule has 2 aromatic carbocycles. The number of nitrogens with zero attached hydrogens (tertiary/aromatic N) is 1. The smallest absolute Gasteiger partial charge is 0.335 e. The Kier molecular flexibility index (Phi) is 2.87. The molecule has 1 N–H and O–H groups in total. The number of carboxylic acid groups (broad SMARTS) is 1. The molecule has 0 saturated carbocycles. The van der Waals surface area contributed by atoms with Crippen molar-refractivity contribution in [3.05, 3.63) is 48.0 Å². The van der Waals surface area contributed by atoms with Crippen molar-refractivity contribution >= 4 is 17.1 Å². The van der Waals surface area contributed by atoms with Crippen molar-refractivity contribution in [3.63, 3.8) is 0 Å². The second-order valence-electron chi connectivity index (χ2n) is 4.24. The molecular formula is C15H11NO4. The minimum absolute atomic E-state index is 0.183. The largest absolute Gasteiger partial charge is 0.497 e. The SMILES string of the molecule is COc1cccc(-c2nc3cc(C(=O)O)ccc3o2)c1. The van der Waals surface area contributed by atoms with Gasteiger partial charge >= 0.3 is 5.97 Å². The van der Waals surface area contributed by atoms with Crippen molar-refractivity contribution < 1.29 is 19.1 Å². The van der Waals surface area contributed by atoms with Crippen LogP contribution >= 0.6 is 0 Å². The molecule has 100 valence electrons. The van der Waals surface area contributed by atoms with Crippen LogP contribution in [0.5, 0.6) is 5.75 Å². The lowest BCUT2D eigenvalue weighted by atomic mass is 10.2. The topological polar surface area (TPSA) is 72.6 Å². The summed E-state index contributed by atoms with van der Waals surface area (Å²) in [7, 11) is 1.59. The molecule has 0 radical (unpaired) electrons. The Morgan fingerprint density at radius 3 is 2.85 bits per heavy atom. The van der Waals surface area contributed by atoms with Crippen molar-refractivity contribution in [2.45, 2.75) is 0 Å². The number of hydrogen-bond acceptors (Lipinski definition) is 4. The fourth-order valence-corrected chi connectivity index (χ4v) is 1.94. The number of rotatable bonds is 3. The zero-order valence-electron chi connectivity index (χ0n) is 10.7. The number of methoxy groups -OCH3 is 1. The second kappa shape index (κ2) is 4.70. The van der Waals surface area contributed by atoms with E-state index in [0.29, 0.717) is 22.7 Å². The van der Waals surface area contributed by atoms with Crippen LogP contribution in [0.4, 0.5) is 0 Å². The third kappa shape index (κ3) is 2.09. The molecule has 0 spiro atoms. The van der Waals surface area contributed by atoms with Gasteiger partial charge in [0.05, 0.1) is 12.7 Å². The molecule has 0 aliphatic carbocycles. The zero-order valence-corrected chi connectivity index (χ0v) is 10.7. The summed E-state index contributed by atoms with van der Waals surface area (Å²) in [6.45, 7) is 0. The van der Waals surface area contributed by atoms with Crippen LogP contribution in [0, 0.1) is 0 Å². The van der Waals surface area contributed by atoms with Crippen LogP contribution in [0.2, 0.25) is 0 Å². The van der Waals surface area contributed by atoms with E-state index in [1.807, 2.05) is 24.3 Å². The van der Waals surface area contributed by atoms with Gasteiger partial charge in [0, 0.05) is 5.56 Å². The molecule has 1 aromatic heterocycles. The molecule has 0 fully saturated rings. The van der Waals surface area contributed by atoms with E-state index in [2.05, 4.69) is 4.98 Å². The molecule has 0 aliphatic heterocycles. The van der Waals surface area contributed by atoms with Gasteiger partial charge < -0.3 is 14.3 Å². The second-order valence-corrected chi connectivity index (χ2v) is 4.24. The highest BCUT2D eigenvalue weighted by Crippen LogP contribution is 2.27. The number of benzene rings is 2. The maximum absolute atomic E-state index is 10.9. The van der Waals surface area contributed by atoms with Gasteiger partial charge in [0.15, 0.2) is 5.58 Å². The van der Waals surface area contributed by atoms with Crippen molar-refractivity contribution in [1.82, 2.24) is 4.98 Å². The van der Waals surface area contributed by atoms with E-state index in [9.17, 15) is 4.79 Å². The van der Waals surface area contributed by atoms with E-state index in [1.54, 1.807) is 13.2 Å². The van der Waals surface area contributed by atoms with Crippen molar-refractivity contribution in [2.24, 2.45) is 0 Å². The molecule has 0 amide bonds. The number of hydrogen-bond donors (Lipinski definition) is 1. The van der Waals surface area contributed by atoms with Gasteiger partial charge in [-0.3, -0.25) is 0 Å². The van der Waals surface area contributed by atoms with E-state index in [0.717, 1.165) is 5.56 Å².